The third-order valence-corrected chi connectivity index (χ3v) is 9.81. The van der Waals surface area contributed by atoms with Crippen LogP contribution in [0.15, 0.2) is 46.2 Å². The minimum absolute atomic E-state index is 0.131. The number of halogens is 2. The number of rotatable bonds is 8. The van der Waals surface area contributed by atoms with E-state index in [9.17, 15) is 27.1 Å². The van der Waals surface area contributed by atoms with Crippen LogP contribution in [0.25, 0.3) is 11.0 Å². The van der Waals surface area contributed by atoms with Crippen molar-refractivity contribution in [1.29, 1.82) is 0 Å². The number of fused-ring (bicyclic) bond motifs is 1. The number of sulfonamides is 1. The van der Waals surface area contributed by atoms with Crippen LogP contribution in [0.2, 0.25) is 0 Å². The first-order valence-corrected chi connectivity index (χ1v) is 14.9. The molecule has 1 saturated heterocycles. The third-order valence-electron chi connectivity index (χ3n) is 7.90. The van der Waals surface area contributed by atoms with Crippen LogP contribution in [0.1, 0.15) is 46.4 Å². The summed E-state index contributed by atoms with van der Waals surface area (Å²) < 4.78 is 66.9. The summed E-state index contributed by atoms with van der Waals surface area (Å²) in [6, 6.07) is 6.87. The quantitative estimate of drug-likeness (QED) is 0.404. The molecule has 0 spiro atoms. The van der Waals surface area contributed by atoms with Gasteiger partial charge in [0.25, 0.3) is 5.56 Å². The first kappa shape index (κ1) is 27.8. The van der Waals surface area contributed by atoms with Crippen LogP contribution in [0.4, 0.5) is 20.4 Å². The van der Waals surface area contributed by atoms with Gasteiger partial charge in [0.15, 0.2) is 7.12 Å². The number of hydrogen-bond donors (Lipinski definition) is 2. The van der Waals surface area contributed by atoms with Gasteiger partial charge in [0.1, 0.15) is 5.65 Å². The highest BCUT2D eigenvalue weighted by atomic mass is 32.2. The Kier molecular flexibility index (Phi) is 7.55. The molecule has 2 fully saturated rings. The van der Waals surface area contributed by atoms with Gasteiger partial charge in [-0.1, -0.05) is 0 Å². The van der Waals surface area contributed by atoms with E-state index in [-0.39, 0.29) is 41.0 Å². The molecule has 0 amide bonds. The minimum atomic E-state index is -4.33. The number of alkyl halides is 2. The van der Waals surface area contributed by atoms with Gasteiger partial charge >= 0.3 is 6.59 Å². The van der Waals surface area contributed by atoms with Crippen molar-refractivity contribution in [1.82, 2.24) is 18.8 Å². The number of nitrogens with zero attached hydrogens (tertiary/aromatic N) is 5. The fourth-order valence-corrected chi connectivity index (χ4v) is 7.11. The molecule has 2 aliphatic rings. The Morgan fingerprint density at radius 3 is 2.49 bits per heavy atom. The second-order valence-electron chi connectivity index (χ2n) is 11.0. The summed E-state index contributed by atoms with van der Waals surface area (Å²) in [6.45, 7) is -2.20. The van der Waals surface area contributed by atoms with Gasteiger partial charge in [0.2, 0.25) is 16.0 Å². The van der Waals surface area contributed by atoms with E-state index in [1.54, 1.807) is 31.2 Å². The van der Waals surface area contributed by atoms with E-state index in [2.05, 4.69) is 20.0 Å². The highest BCUT2D eigenvalue weighted by molar-refractivity contribution is 7.89. The summed E-state index contributed by atoms with van der Waals surface area (Å²) in [6.07, 6.45) is 3.75. The predicted octanol–water partition coefficient (Wildman–Crippen LogP) is 3.20. The monoisotopic (exact) mass is 593 g/mol. The molecule has 3 heterocycles. The second kappa shape index (κ2) is 11.1. The lowest BCUT2D eigenvalue weighted by Gasteiger charge is -2.32. The van der Waals surface area contributed by atoms with Crippen LogP contribution in [0, 0.1) is 0 Å². The number of piperidine rings is 1. The van der Waals surface area contributed by atoms with Gasteiger partial charge in [-0.25, -0.2) is 13.4 Å². The second-order valence-corrected chi connectivity index (χ2v) is 12.9. The van der Waals surface area contributed by atoms with Crippen LogP contribution < -0.4 is 20.5 Å². The fourth-order valence-electron chi connectivity index (χ4n) is 5.64. The van der Waals surface area contributed by atoms with E-state index in [0.29, 0.717) is 32.1 Å². The van der Waals surface area contributed by atoms with Gasteiger partial charge < -0.3 is 20.1 Å². The maximum atomic E-state index is 13.4. The number of ether oxygens (including phenoxy) is 1. The molecule has 14 heteroatoms. The average Bonchev–Trinajstić information content (AvgIpc) is 3.27. The summed E-state index contributed by atoms with van der Waals surface area (Å²) >= 11 is 0. The van der Waals surface area contributed by atoms with E-state index >= 15 is 0 Å². The highest BCUT2D eigenvalue weighted by Gasteiger charge is 2.40. The Hall–Kier alpha value is -3.36. The predicted molar refractivity (Wildman–Crippen MR) is 150 cm³/mol. The summed E-state index contributed by atoms with van der Waals surface area (Å²) in [7, 11) is 0.0965. The van der Waals surface area contributed by atoms with Gasteiger partial charge in [-0.3, -0.25) is 9.36 Å². The van der Waals surface area contributed by atoms with Crippen LogP contribution in [-0.2, 0) is 10.0 Å². The van der Waals surface area contributed by atoms with E-state index in [4.69, 9.17) is 1.37 Å². The van der Waals surface area contributed by atoms with Gasteiger partial charge in [-0.15, -0.1) is 0 Å². The molecule has 11 nitrogen and oxygen atoms in total. The molecule has 41 heavy (non-hydrogen) atoms. The lowest BCUT2D eigenvalue weighted by atomic mass is 10.00. The largest absolute Gasteiger partial charge is 0.429 e. The number of aliphatic hydroxyl groups is 1. The first-order valence-electron chi connectivity index (χ1n) is 13.9. The zero-order valence-corrected chi connectivity index (χ0v) is 23.9. The molecular weight excluding hydrogens is 558 g/mol. The topological polar surface area (TPSA) is 130 Å². The molecule has 5 rings (SSSR count). The molecule has 1 aliphatic heterocycles. The van der Waals surface area contributed by atoms with E-state index in [1.165, 1.54) is 10.5 Å². The Bertz CT molecular complexity index is 1620. The van der Waals surface area contributed by atoms with E-state index < -0.39 is 39.6 Å². The molecule has 2 aromatic heterocycles. The molecule has 1 saturated carbocycles. The van der Waals surface area contributed by atoms with Gasteiger partial charge in [0.05, 0.1) is 16.5 Å². The van der Waals surface area contributed by atoms with Crippen molar-refractivity contribution in [3.05, 3.63) is 46.9 Å². The standard InChI is InChI=1S/C27H34F2N6O5S/c1-27(37)12-4-5-22(27)35-23-17(15-21(24(35)36)40-25(28)29)16-30-26(32-23)31-18-10-13-34(14-11-18)41(38,39)20-8-6-19(7-9-20)33(2)3/h6-9,15-16,18,22,25,37H,4-5,10-14H2,1-3H3,(H,30,31,32)/t22-,27-/m1/s1/i25D. The smallest absolute Gasteiger partial charge is 0.387 e. The molecule has 0 unspecified atom stereocenters. The minimum Gasteiger partial charge on any atom is -0.429 e. The summed E-state index contributed by atoms with van der Waals surface area (Å²) in [5.41, 5.74) is -1.19. The lowest BCUT2D eigenvalue weighted by molar-refractivity contribution is -0.0513. The molecule has 0 radical (unpaired) electrons. The Labute approximate surface area is 238 Å². The number of anilines is 2. The van der Waals surface area contributed by atoms with Crippen molar-refractivity contribution in [2.24, 2.45) is 0 Å². The lowest BCUT2D eigenvalue weighted by Crippen LogP contribution is -2.42. The Morgan fingerprint density at radius 2 is 1.90 bits per heavy atom. The highest BCUT2D eigenvalue weighted by Crippen LogP contribution is 2.40. The van der Waals surface area contributed by atoms with Crippen molar-refractivity contribution >= 4 is 32.7 Å². The molecule has 2 atom stereocenters. The van der Waals surface area contributed by atoms with Crippen LogP contribution in [-0.4, -0.2) is 77.8 Å². The van der Waals surface area contributed by atoms with Crippen LogP contribution in [0.3, 0.4) is 0 Å². The van der Waals surface area contributed by atoms with E-state index in [0.717, 1.165) is 16.3 Å². The maximum Gasteiger partial charge on any atom is 0.387 e. The number of pyridine rings is 1. The number of aromatic nitrogens is 3. The summed E-state index contributed by atoms with van der Waals surface area (Å²) in [5.74, 6) is -0.562. The van der Waals surface area contributed by atoms with Gasteiger partial charge in [-0.05, 0) is 69.4 Å². The van der Waals surface area contributed by atoms with Gasteiger partial charge in [-0.2, -0.15) is 18.1 Å². The first-order chi connectivity index (χ1) is 19.7. The molecule has 0 bridgehead atoms. The number of nitrogens with one attached hydrogen (secondary N) is 1. The third kappa shape index (κ3) is 5.86. The number of benzene rings is 1. The molecule has 3 aromatic rings. The van der Waals surface area contributed by atoms with Crippen LogP contribution >= 0.6 is 0 Å². The van der Waals surface area contributed by atoms with Crippen molar-refractivity contribution in [3.63, 3.8) is 0 Å². The van der Waals surface area contributed by atoms with E-state index in [1.807, 2.05) is 19.0 Å². The zero-order chi connectivity index (χ0) is 30.4. The molecule has 1 aliphatic carbocycles. The molecular formula is C27H34F2N6O5S. The molecule has 222 valence electrons. The number of hydrogen-bond acceptors (Lipinski definition) is 9. The Balaban J connectivity index is 1.37. The summed E-state index contributed by atoms with van der Waals surface area (Å²) in [5, 5.41) is 14.4. The van der Waals surface area contributed by atoms with Crippen LogP contribution in [0.5, 0.6) is 5.75 Å². The average molecular weight is 594 g/mol. The fraction of sp³-hybridized carbons (Fsp3) is 0.519. The molecule has 1 aromatic carbocycles. The Morgan fingerprint density at radius 1 is 1.22 bits per heavy atom. The SMILES string of the molecule is [2H]C(F)(F)Oc1cc2cnc(NC3CCN(S(=O)(=O)c4ccc(N(C)C)cc4)CC3)nc2n([C@@H]2CCC[C@@]2(C)O)c1=O. The van der Waals surface area contributed by atoms with Crippen molar-refractivity contribution < 1.29 is 28.4 Å². The van der Waals surface area contributed by atoms with Crippen molar-refractivity contribution in [2.75, 3.05) is 37.4 Å². The maximum absolute atomic E-state index is 13.4. The normalized spacial score (nSPS) is 23.0. The zero-order valence-electron chi connectivity index (χ0n) is 24.0. The summed E-state index contributed by atoms with van der Waals surface area (Å²) in [4.78, 5) is 24.2. The molecule has 2 N–H and O–H groups in total. The van der Waals surface area contributed by atoms with Crippen molar-refractivity contribution in [3.8, 4) is 5.75 Å². The van der Waals surface area contributed by atoms with Crippen molar-refractivity contribution in [2.45, 2.75) is 68.2 Å². The van der Waals surface area contributed by atoms with Gasteiger partial charge in [0, 0.05) is 50.5 Å².